The minimum atomic E-state index is -0.197. The Hall–Kier alpha value is -1.06. The van der Waals surface area contributed by atoms with E-state index in [0.29, 0.717) is 5.75 Å². The number of benzene rings is 1. The van der Waals surface area contributed by atoms with Gasteiger partial charge in [-0.05, 0) is 37.1 Å². The Balaban J connectivity index is 2.17. The van der Waals surface area contributed by atoms with E-state index in [1.165, 1.54) is 0 Å². The van der Waals surface area contributed by atoms with Crippen LogP contribution in [0.3, 0.4) is 0 Å². The van der Waals surface area contributed by atoms with Gasteiger partial charge in [-0.1, -0.05) is 19.1 Å². The van der Waals surface area contributed by atoms with Crippen molar-refractivity contribution in [1.82, 2.24) is 5.32 Å². The van der Waals surface area contributed by atoms with E-state index in [2.05, 4.69) is 5.32 Å². The SMILES string of the molecule is CCC(O)CCNCc1ccc(O)cc1. The van der Waals surface area contributed by atoms with Gasteiger partial charge < -0.3 is 15.5 Å². The molecule has 1 atom stereocenters. The maximum absolute atomic E-state index is 9.32. The number of aliphatic hydroxyl groups excluding tert-OH is 1. The summed E-state index contributed by atoms with van der Waals surface area (Å²) in [6.07, 6.45) is 1.40. The minimum absolute atomic E-state index is 0.197. The molecule has 3 nitrogen and oxygen atoms in total. The van der Waals surface area contributed by atoms with Gasteiger partial charge in [0.15, 0.2) is 0 Å². The van der Waals surface area contributed by atoms with E-state index in [4.69, 9.17) is 5.11 Å². The fourth-order valence-corrected chi connectivity index (χ4v) is 1.32. The van der Waals surface area contributed by atoms with Crippen molar-refractivity contribution in [1.29, 1.82) is 0 Å². The molecule has 3 N–H and O–H groups in total. The number of aromatic hydroxyl groups is 1. The highest BCUT2D eigenvalue weighted by Gasteiger charge is 1.99. The molecule has 0 heterocycles. The quantitative estimate of drug-likeness (QED) is 0.624. The molecule has 3 heteroatoms. The van der Waals surface area contributed by atoms with Crippen LogP contribution in [0.1, 0.15) is 25.3 Å². The highest BCUT2D eigenvalue weighted by Crippen LogP contribution is 2.09. The molecule has 0 aliphatic heterocycles. The van der Waals surface area contributed by atoms with Crippen molar-refractivity contribution in [3.05, 3.63) is 29.8 Å². The van der Waals surface area contributed by atoms with Crippen LogP contribution < -0.4 is 5.32 Å². The average molecular weight is 209 g/mol. The van der Waals surface area contributed by atoms with Crippen molar-refractivity contribution in [3.63, 3.8) is 0 Å². The van der Waals surface area contributed by atoms with Gasteiger partial charge in [0, 0.05) is 6.54 Å². The van der Waals surface area contributed by atoms with Crippen LogP contribution in [-0.4, -0.2) is 22.9 Å². The van der Waals surface area contributed by atoms with Crippen LogP contribution in [0.15, 0.2) is 24.3 Å². The summed E-state index contributed by atoms with van der Waals surface area (Å²) in [7, 11) is 0. The monoisotopic (exact) mass is 209 g/mol. The van der Waals surface area contributed by atoms with Gasteiger partial charge >= 0.3 is 0 Å². The highest BCUT2D eigenvalue weighted by atomic mass is 16.3. The summed E-state index contributed by atoms with van der Waals surface area (Å²) in [6.45, 7) is 3.57. The summed E-state index contributed by atoms with van der Waals surface area (Å²) < 4.78 is 0. The molecule has 1 aromatic carbocycles. The Labute approximate surface area is 90.8 Å². The predicted molar refractivity (Wildman–Crippen MR) is 60.7 cm³/mol. The largest absolute Gasteiger partial charge is 0.508 e. The lowest BCUT2D eigenvalue weighted by atomic mass is 10.2. The van der Waals surface area contributed by atoms with Crippen molar-refractivity contribution in [2.45, 2.75) is 32.4 Å². The van der Waals surface area contributed by atoms with Gasteiger partial charge in [-0.15, -0.1) is 0 Å². The van der Waals surface area contributed by atoms with Gasteiger partial charge in [0.2, 0.25) is 0 Å². The first-order valence-electron chi connectivity index (χ1n) is 5.39. The zero-order valence-corrected chi connectivity index (χ0v) is 9.11. The number of phenolic OH excluding ortho intramolecular Hbond substituents is 1. The van der Waals surface area contributed by atoms with Crippen LogP contribution in [-0.2, 0) is 6.54 Å². The van der Waals surface area contributed by atoms with Crippen molar-refractivity contribution < 1.29 is 10.2 Å². The summed E-state index contributed by atoms with van der Waals surface area (Å²) in [5.41, 5.74) is 1.14. The molecule has 84 valence electrons. The third kappa shape index (κ3) is 4.81. The first kappa shape index (κ1) is 12.0. The number of hydrogen-bond acceptors (Lipinski definition) is 3. The van der Waals surface area contributed by atoms with Crippen LogP contribution in [0.2, 0.25) is 0 Å². The fourth-order valence-electron chi connectivity index (χ4n) is 1.32. The summed E-state index contributed by atoms with van der Waals surface area (Å²) >= 11 is 0. The number of nitrogens with one attached hydrogen (secondary N) is 1. The Bertz CT molecular complexity index is 271. The predicted octanol–water partition coefficient (Wildman–Crippen LogP) is 1.64. The minimum Gasteiger partial charge on any atom is -0.508 e. The molecule has 0 aromatic heterocycles. The van der Waals surface area contributed by atoms with Gasteiger partial charge in [0.05, 0.1) is 6.10 Å². The van der Waals surface area contributed by atoms with E-state index >= 15 is 0 Å². The molecule has 0 saturated carbocycles. The fraction of sp³-hybridized carbons (Fsp3) is 0.500. The normalized spacial score (nSPS) is 12.7. The zero-order chi connectivity index (χ0) is 11.1. The van der Waals surface area contributed by atoms with Crippen LogP contribution in [0.5, 0.6) is 5.75 Å². The molecular formula is C12H19NO2. The maximum atomic E-state index is 9.32. The summed E-state index contributed by atoms with van der Waals surface area (Å²) in [6, 6.07) is 7.13. The molecule has 0 bridgehead atoms. The maximum Gasteiger partial charge on any atom is 0.115 e. The van der Waals surface area contributed by atoms with Crippen LogP contribution in [0, 0.1) is 0 Å². The van der Waals surface area contributed by atoms with Crippen molar-refractivity contribution in [3.8, 4) is 5.75 Å². The average Bonchev–Trinajstić information content (AvgIpc) is 2.26. The number of phenols is 1. The standard InChI is InChI=1S/C12H19NO2/c1-2-11(14)7-8-13-9-10-3-5-12(15)6-4-10/h3-6,11,13-15H,2,7-9H2,1H3. The third-order valence-corrected chi connectivity index (χ3v) is 2.39. The molecule has 1 aromatic rings. The summed E-state index contributed by atoms with van der Waals surface area (Å²) in [4.78, 5) is 0. The van der Waals surface area contributed by atoms with Gasteiger partial charge in [-0.2, -0.15) is 0 Å². The number of aliphatic hydroxyl groups is 1. The molecule has 0 aliphatic carbocycles. The first-order valence-corrected chi connectivity index (χ1v) is 5.39. The van der Waals surface area contributed by atoms with Crippen LogP contribution in [0.25, 0.3) is 0 Å². The Morgan fingerprint density at radius 3 is 2.53 bits per heavy atom. The van der Waals surface area contributed by atoms with E-state index in [1.807, 2.05) is 19.1 Å². The molecule has 0 radical (unpaired) electrons. The Morgan fingerprint density at radius 2 is 1.93 bits per heavy atom. The topological polar surface area (TPSA) is 52.5 Å². The third-order valence-electron chi connectivity index (χ3n) is 2.39. The lowest BCUT2D eigenvalue weighted by molar-refractivity contribution is 0.159. The second-order valence-corrected chi connectivity index (χ2v) is 3.69. The molecule has 1 unspecified atom stereocenters. The lowest BCUT2D eigenvalue weighted by Crippen LogP contribution is -2.19. The number of hydrogen-bond donors (Lipinski definition) is 3. The zero-order valence-electron chi connectivity index (χ0n) is 9.11. The Kier molecular flexibility index (Phi) is 5.15. The number of rotatable bonds is 6. The first-order chi connectivity index (χ1) is 7.22. The van der Waals surface area contributed by atoms with E-state index in [9.17, 15) is 5.11 Å². The molecule has 0 spiro atoms. The van der Waals surface area contributed by atoms with Gasteiger partial charge in [0.25, 0.3) is 0 Å². The highest BCUT2D eigenvalue weighted by molar-refractivity contribution is 5.25. The van der Waals surface area contributed by atoms with Crippen molar-refractivity contribution >= 4 is 0 Å². The van der Waals surface area contributed by atoms with Gasteiger partial charge in [-0.25, -0.2) is 0 Å². The second-order valence-electron chi connectivity index (χ2n) is 3.69. The molecule has 0 amide bonds. The van der Waals surface area contributed by atoms with Crippen molar-refractivity contribution in [2.75, 3.05) is 6.54 Å². The van der Waals surface area contributed by atoms with E-state index < -0.39 is 0 Å². The van der Waals surface area contributed by atoms with Crippen molar-refractivity contribution in [2.24, 2.45) is 0 Å². The summed E-state index contributed by atoms with van der Waals surface area (Å²) in [5.74, 6) is 0.292. The molecule has 15 heavy (non-hydrogen) atoms. The lowest BCUT2D eigenvalue weighted by Gasteiger charge is -2.08. The smallest absolute Gasteiger partial charge is 0.115 e. The van der Waals surface area contributed by atoms with Gasteiger partial charge in [0.1, 0.15) is 5.75 Å². The molecular weight excluding hydrogens is 190 g/mol. The Morgan fingerprint density at radius 1 is 1.27 bits per heavy atom. The summed E-state index contributed by atoms with van der Waals surface area (Å²) in [5, 5.41) is 21.6. The molecule has 0 saturated heterocycles. The second kappa shape index (κ2) is 6.43. The van der Waals surface area contributed by atoms with E-state index in [-0.39, 0.29) is 6.10 Å². The van der Waals surface area contributed by atoms with E-state index in [0.717, 1.165) is 31.5 Å². The van der Waals surface area contributed by atoms with E-state index in [1.54, 1.807) is 12.1 Å². The molecule has 0 fully saturated rings. The van der Waals surface area contributed by atoms with Crippen LogP contribution in [0.4, 0.5) is 0 Å². The van der Waals surface area contributed by atoms with Crippen LogP contribution >= 0.6 is 0 Å². The molecule has 1 rings (SSSR count). The van der Waals surface area contributed by atoms with Gasteiger partial charge in [-0.3, -0.25) is 0 Å². The molecule has 0 aliphatic rings.